The highest BCUT2D eigenvalue weighted by molar-refractivity contribution is 5.80. The predicted molar refractivity (Wildman–Crippen MR) is 91.5 cm³/mol. The number of aryl methyl sites for hydroxylation is 1. The molecule has 5 nitrogen and oxygen atoms in total. The van der Waals surface area contributed by atoms with Gasteiger partial charge in [0.15, 0.2) is 0 Å². The highest BCUT2D eigenvalue weighted by Gasteiger charge is 2.30. The summed E-state index contributed by atoms with van der Waals surface area (Å²) in [4.78, 5) is 28.7. The second-order valence-electron chi connectivity index (χ2n) is 6.58. The molecule has 2 aliphatic rings. The van der Waals surface area contributed by atoms with Crippen LogP contribution in [0.5, 0.6) is 0 Å². The summed E-state index contributed by atoms with van der Waals surface area (Å²) >= 11 is 0. The quantitative estimate of drug-likeness (QED) is 0.844. The van der Waals surface area contributed by atoms with E-state index in [1.807, 2.05) is 28.0 Å². The van der Waals surface area contributed by atoms with Crippen molar-refractivity contribution >= 4 is 11.8 Å². The van der Waals surface area contributed by atoms with Crippen LogP contribution in [0.3, 0.4) is 0 Å². The lowest BCUT2D eigenvalue weighted by Gasteiger charge is -2.35. The number of ether oxygens (including phenoxy) is 1. The summed E-state index contributed by atoms with van der Waals surface area (Å²) in [5.41, 5.74) is 1.20. The van der Waals surface area contributed by atoms with Crippen LogP contribution in [-0.2, 0) is 20.7 Å². The normalized spacial score (nSPS) is 19.3. The van der Waals surface area contributed by atoms with Gasteiger partial charge in [-0.2, -0.15) is 0 Å². The maximum absolute atomic E-state index is 12.5. The second-order valence-corrected chi connectivity index (χ2v) is 6.58. The Kier molecular flexibility index (Phi) is 5.86. The number of carbonyl (C=O) groups is 2. The first-order chi connectivity index (χ1) is 11.7. The van der Waals surface area contributed by atoms with E-state index in [-0.39, 0.29) is 17.7 Å². The Morgan fingerprint density at radius 3 is 2.29 bits per heavy atom. The number of hydrogen-bond donors (Lipinski definition) is 0. The van der Waals surface area contributed by atoms with Crippen molar-refractivity contribution in [3.8, 4) is 0 Å². The van der Waals surface area contributed by atoms with E-state index in [2.05, 4.69) is 12.1 Å². The number of carbonyl (C=O) groups excluding carboxylic acids is 2. The zero-order chi connectivity index (χ0) is 16.8. The first-order valence-corrected chi connectivity index (χ1v) is 8.92. The number of likely N-dealkylation sites (tertiary alicyclic amines) is 1. The fourth-order valence-electron chi connectivity index (χ4n) is 3.47. The van der Waals surface area contributed by atoms with E-state index >= 15 is 0 Å². The largest absolute Gasteiger partial charge is 0.378 e. The molecule has 0 aromatic heterocycles. The molecule has 0 aliphatic carbocycles. The average molecular weight is 330 g/mol. The Morgan fingerprint density at radius 1 is 0.958 bits per heavy atom. The molecule has 2 heterocycles. The number of rotatable bonds is 4. The third-order valence-corrected chi connectivity index (χ3v) is 4.99. The van der Waals surface area contributed by atoms with Gasteiger partial charge in [0.2, 0.25) is 11.8 Å². The molecule has 0 unspecified atom stereocenters. The van der Waals surface area contributed by atoms with Crippen LogP contribution in [-0.4, -0.2) is 61.0 Å². The van der Waals surface area contributed by atoms with Gasteiger partial charge in [-0.25, -0.2) is 0 Å². The molecule has 0 N–H and O–H groups in total. The topological polar surface area (TPSA) is 49.9 Å². The Labute approximate surface area is 143 Å². The molecule has 0 spiro atoms. The van der Waals surface area contributed by atoms with Gasteiger partial charge in [0.25, 0.3) is 0 Å². The predicted octanol–water partition coefficient (Wildman–Crippen LogP) is 1.72. The molecule has 1 aromatic carbocycles. The summed E-state index contributed by atoms with van der Waals surface area (Å²) in [7, 11) is 0. The summed E-state index contributed by atoms with van der Waals surface area (Å²) in [6.07, 6.45) is 2.90. The smallest absolute Gasteiger partial charge is 0.225 e. The minimum Gasteiger partial charge on any atom is -0.378 e. The van der Waals surface area contributed by atoms with Crippen molar-refractivity contribution in [3.05, 3.63) is 35.9 Å². The monoisotopic (exact) mass is 330 g/mol. The van der Waals surface area contributed by atoms with Crippen molar-refractivity contribution in [2.24, 2.45) is 5.92 Å². The van der Waals surface area contributed by atoms with E-state index in [0.29, 0.717) is 45.8 Å². The molecule has 130 valence electrons. The van der Waals surface area contributed by atoms with Crippen LogP contribution >= 0.6 is 0 Å². The molecule has 0 atom stereocenters. The highest BCUT2D eigenvalue weighted by Crippen LogP contribution is 2.21. The maximum atomic E-state index is 12.5. The van der Waals surface area contributed by atoms with Gasteiger partial charge in [-0.1, -0.05) is 30.3 Å². The van der Waals surface area contributed by atoms with Crippen molar-refractivity contribution in [3.63, 3.8) is 0 Å². The van der Waals surface area contributed by atoms with E-state index < -0.39 is 0 Å². The molecule has 2 saturated heterocycles. The van der Waals surface area contributed by atoms with E-state index in [9.17, 15) is 9.59 Å². The molecule has 24 heavy (non-hydrogen) atoms. The van der Waals surface area contributed by atoms with Gasteiger partial charge in [0, 0.05) is 38.5 Å². The molecule has 1 aromatic rings. The minimum absolute atomic E-state index is 0.0706. The van der Waals surface area contributed by atoms with Gasteiger partial charge in [0.1, 0.15) is 0 Å². The van der Waals surface area contributed by atoms with Crippen molar-refractivity contribution in [2.45, 2.75) is 25.7 Å². The number of hydrogen-bond acceptors (Lipinski definition) is 3. The van der Waals surface area contributed by atoms with E-state index in [1.165, 1.54) is 5.56 Å². The van der Waals surface area contributed by atoms with Crippen molar-refractivity contribution in [1.29, 1.82) is 0 Å². The van der Waals surface area contributed by atoms with Gasteiger partial charge in [0.05, 0.1) is 13.2 Å². The maximum Gasteiger partial charge on any atom is 0.225 e. The van der Waals surface area contributed by atoms with Gasteiger partial charge in [-0.05, 0) is 24.8 Å². The van der Waals surface area contributed by atoms with Gasteiger partial charge < -0.3 is 14.5 Å². The van der Waals surface area contributed by atoms with Crippen molar-refractivity contribution in [1.82, 2.24) is 9.80 Å². The fourth-order valence-corrected chi connectivity index (χ4v) is 3.47. The standard InChI is InChI=1S/C19H26N2O3/c22-18(7-6-16-4-2-1-3-5-16)20-10-8-17(9-11-20)19(23)21-12-14-24-15-13-21/h1-5,17H,6-15H2. The van der Waals surface area contributed by atoms with Crippen molar-refractivity contribution in [2.75, 3.05) is 39.4 Å². The molecular formula is C19H26N2O3. The highest BCUT2D eigenvalue weighted by atomic mass is 16.5. The van der Waals surface area contributed by atoms with Crippen LogP contribution in [0.15, 0.2) is 30.3 Å². The molecule has 2 amide bonds. The van der Waals surface area contributed by atoms with Crippen LogP contribution in [0, 0.1) is 5.92 Å². The summed E-state index contributed by atoms with van der Waals surface area (Å²) in [5, 5.41) is 0. The summed E-state index contributed by atoms with van der Waals surface area (Å²) < 4.78 is 5.30. The van der Waals surface area contributed by atoms with E-state index in [0.717, 1.165) is 19.3 Å². The summed E-state index contributed by atoms with van der Waals surface area (Å²) in [5.74, 6) is 0.520. The number of morpholine rings is 1. The zero-order valence-electron chi connectivity index (χ0n) is 14.2. The zero-order valence-corrected chi connectivity index (χ0v) is 14.2. The van der Waals surface area contributed by atoms with Crippen LogP contribution in [0.2, 0.25) is 0 Å². The third kappa shape index (κ3) is 4.35. The molecule has 0 saturated carbocycles. The lowest BCUT2D eigenvalue weighted by atomic mass is 9.94. The summed E-state index contributed by atoms with van der Waals surface area (Å²) in [6, 6.07) is 10.1. The number of nitrogens with zero attached hydrogens (tertiary/aromatic N) is 2. The lowest BCUT2D eigenvalue weighted by Crippen LogP contribution is -2.47. The minimum atomic E-state index is 0.0706. The number of piperidine rings is 1. The van der Waals surface area contributed by atoms with Crippen LogP contribution in [0.4, 0.5) is 0 Å². The second kappa shape index (κ2) is 8.29. The van der Waals surface area contributed by atoms with Crippen LogP contribution in [0.25, 0.3) is 0 Å². The number of benzene rings is 1. The Balaban J connectivity index is 1.42. The Morgan fingerprint density at radius 2 is 1.62 bits per heavy atom. The lowest BCUT2D eigenvalue weighted by molar-refractivity contribution is -0.143. The third-order valence-electron chi connectivity index (χ3n) is 4.99. The first kappa shape index (κ1) is 17.0. The molecule has 0 radical (unpaired) electrons. The van der Waals surface area contributed by atoms with E-state index in [4.69, 9.17) is 4.74 Å². The van der Waals surface area contributed by atoms with Gasteiger partial charge in [-0.15, -0.1) is 0 Å². The van der Waals surface area contributed by atoms with Crippen LogP contribution in [0.1, 0.15) is 24.8 Å². The van der Waals surface area contributed by atoms with E-state index in [1.54, 1.807) is 0 Å². The average Bonchev–Trinajstić information content (AvgIpc) is 2.67. The Hall–Kier alpha value is -1.88. The molecular weight excluding hydrogens is 304 g/mol. The molecule has 5 heteroatoms. The van der Waals surface area contributed by atoms with Crippen LogP contribution < -0.4 is 0 Å². The van der Waals surface area contributed by atoms with Gasteiger partial charge in [-0.3, -0.25) is 9.59 Å². The SMILES string of the molecule is O=C(CCc1ccccc1)N1CCC(C(=O)N2CCOCC2)CC1. The fraction of sp³-hybridized carbons (Fsp3) is 0.579. The molecule has 2 fully saturated rings. The molecule has 3 rings (SSSR count). The number of amides is 2. The first-order valence-electron chi connectivity index (χ1n) is 8.92. The van der Waals surface area contributed by atoms with Gasteiger partial charge >= 0.3 is 0 Å². The summed E-state index contributed by atoms with van der Waals surface area (Å²) in [6.45, 7) is 4.10. The molecule has 2 aliphatic heterocycles. The van der Waals surface area contributed by atoms with Crippen molar-refractivity contribution < 1.29 is 14.3 Å². The molecule has 0 bridgehead atoms. The Bertz CT molecular complexity index is 547.